The van der Waals surface area contributed by atoms with Crippen LogP contribution in [0.15, 0.2) is 23.0 Å². The van der Waals surface area contributed by atoms with Crippen molar-refractivity contribution in [2.75, 3.05) is 19.0 Å². The number of hydrogen-bond acceptors (Lipinski definition) is 9. The second-order valence-corrected chi connectivity index (χ2v) is 8.75. The van der Waals surface area contributed by atoms with E-state index < -0.39 is 75.7 Å². The standard InChI is InChI=1S/C22H22N2O9/c1-24(2)11-6-10(21(31)32)16(26)14-9(11)4-7-3-8-5-12(25)15(20(23)30)19(29)22(8,33)18(28)13(7)17(14)27/h6-8,26-27,29,33H,3-5H2,1-2H3,(H2,23,30)(H,31,32)/t7-,8+,22+/m1/s1. The summed E-state index contributed by atoms with van der Waals surface area (Å²) in [5, 5.41) is 52.9. The van der Waals surface area contributed by atoms with Crippen LogP contribution in [0.3, 0.4) is 0 Å². The molecule has 0 unspecified atom stereocenters. The number of aromatic hydroxyl groups is 1. The Bertz CT molecular complexity index is 1230. The first-order chi connectivity index (χ1) is 15.3. The lowest BCUT2D eigenvalue weighted by molar-refractivity contribution is -0.147. The Balaban J connectivity index is 1.99. The van der Waals surface area contributed by atoms with Gasteiger partial charge in [-0.2, -0.15) is 0 Å². The molecular formula is C22H22N2O9. The quantitative estimate of drug-likeness (QED) is 0.340. The van der Waals surface area contributed by atoms with Crippen LogP contribution in [0, 0.1) is 11.8 Å². The van der Waals surface area contributed by atoms with Crippen LogP contribution >= 0.6 is 0 Å². The van der Waals surface area contributed by atoms with Crippen LogP contribution in [-0.4, -0.2) is 68.7 Å². The van der Waals surface area contributed by atoms with Gasteiger partial charge in [0, 0.05) is 37.7 Å². The molecule has 33 heavy (non-hydrogen) atoms. The summed E-state index contributed by atoms with van der Waals surface area (Å²) in [6, 6.07) is 1.26. The van der Waals surface area contributed by atoms with Crippen LogP contribution in [-0.2, 0) is 20.8 Å². The Labute approximate surface area is 187 Å². The molecule has 7 N–H and O–H groups in total. The molecule has 1 fully saturated rings. The number of rotatable bonds is 3. The molecule has 0 aromatic heterocycles. The van der Waals surface area contributed by atoms with E-state index in [9.17, 15) is 44.7 Å². The molecule has 11 heteroatoms. The summed E-state index contributed by atoms with van der Waals surface area (Å²) in [4.78, 5) is 50.7. The molecule has 3 aliphatic rings. The zero-order valence-electron chi connectivity index (χ0n) is 17.7. The van der Waals surface area contributed by atoms with E-state index >= 15 is 0 Å². The molecular weight excluding hydrogens is 436 g/mol. The van der Waals surface area contributed by atoms with Crippen molar-refractivity contribution in [1.82, 2.24) is 0 Å². The molecule has 0 radical (unpaired) electrons. The number of aliphatic hydroxyl groups excluding tert-OH is 2. The Hall–Kier alpha value is -3.86. The Morgan fingerprint density at radius 2 is 1.79 bits per heavy atom. The number of hydrogen-bond donors (Lipinski definition) is 6. The molecule has 11 nitrogen and oxygen atoms in total. The lowest BCUT2D eigenvalue weighted by atomic mass is 9.59. The Morgan fingerprint density at radius 1 is 1.15 bits per heavy atom. The maximum Gasteiger partial charge on any atom is 0.339 e. The summed E-state index contributed by atoms with van der Waals surface area (Å²) in [6.45, 7) is 0. The Morgan fingerprint density at radius 3 is 2.33 bits per heavy atom. The summed E-state index contributed by atoms with van der Waals surface area (Å²) in [6.07, 6.45) is -0.321. The van der Waals surface area contributed by atoms with Crippen molar-refractivity contribution in [3.63, 3.8) is 0 Å². The highest BCUT2D eigenvalue weighted by Gasteiger charge is 2.60. The Kier molecular flexibility index (Phi) is 4.79. The van der Waals surface area contributed by atoms with Gasteiger partial charge >= 0.3 is 5.97 Å². The zero-order valence-corrected chi connectivity index (χ0v) is 17.7. The van der Waals surface area contributed by atoms with Gasteiger partial charge in [-0.15, -0.1) is 0 Å². The molecule has 1 amide bonds. The van der Waals surface area contributed by atoms with Crippen LogP contribution < -0.4 is 10.6 Å². The predicted molar refractivity (Wildman–Crippen MR) is 113 cm³/mol. The second kappa shape index (κ2) is 7.07. The highest BCUT2D eigenvalue weighted by atomic mass is 16.4. The minimum absolute atomic E-state index is 0.00275. The van der Waals surface area contributed by atoms with Crippen molar-refractivity contribution < 1.29 is 44.7 Å². The van der Waals surface area contributed by atoms with Gasteiger partial charge in [-0.25, -0.2) is 4.79 Å². The largest absolute Gasteiger partial charge is 0.508 e. The van der Waals surface area contributed by atoms with E-state index in [0.717, 1.165) is 0 Å². The van der Waals surface area contributed by atoms with E-state index in [0.29, 0.717) is 11.3 Å². The van der Waals surface area contributed by atoms with Gasteiger partial charge in [-0.05, 0) is 30.4 Å². The number of aromatic carboxylic acids is 1. The number of anilines is 1. The van der Waals surface area contributed by atoms with Gasteiger partial charge in [0.05, 0.1) is 5.56 Å². The molecule has 0 saturated heterocycles. The van der Waals surface area contributed by atoms with E-state index in [1.807, 2.05) is 0 Å². The number of carbonyl (C=O) groups excluding carboxylic acids is 3. The van der Waals surface area contributed by atoms with Crippen LogP contribution in [0.25, 0.3) is 5.76 Å². The number of carbonyl (C=O) groups is 4. The summed E-state index contributed by atoms with van der Waals surface area (Å²) >= 11 is 0. The number of carboxylic acid groups (broad SMARTS) is 1. The molecule has 0 spiro atoms. The summed E-state index contributed by atoms with van der Waals surface area (Å²) in [5.41, 5.74) is 1.33. The van der Waals surface area contributed by atoms with Gasteiger partial charge in [-0.1, -0.05) is 0 Å². The first kappa shape index (κ1) is 22.3. The highest BCUT2D eigenvalue weighted by Crippen LogP contribution is 2.53. The third-order valence-corrected chi connectivity index (χ3v) is 6.75. The van der Waals surface area contributed by atoms with Crippen LogP contribution in [0.1, 0.15) is 34.3 Å². The fourth-order valence-corrected chi connectivity index (χ4v) is 5.23. The normalized spacial score (nSPS) is 26.5. The van der Waals surface area contributed by atoms with E-state index in [2.05, 4.69) is 0 Å². The molecule has 1 saturated carbocycles. The first-order valence-corrected chi connectivity index (χ1v) is 10.1. The molecule has 0 heterocycles. The monoisotopic (exact) mass is 458 g/mol. The van der Waals surface area contributed by atoms with Crippen molar-refractivity contribution in [1.29, 1.82) is 0 Å². The predicted octanol–water partition coefficient (Wildman–Crippen LogP) is 0.188. The summed E-state index contributed by atoms with van der Waals surface area (Å²) in [7, 11) is 3.29. The number of Topliss-reactive ketones (excluding diaryl/α,β-unsaturated/α-hetero) is 2. The van der Waals surface area contributed by atoms with Crippen molar-refractivity contribution in [2.24, 2.45) is 17.6 Å². The third kappa shape index (κ3) is 2.85. The van der Waals surface area contributed by atoms with Gasteiger partial charge in [0.1, 0.15) is 28.4 Å². The molecule has 3 aliphatic carbocycles. The summed E-state index contributed by atoms with van der Waals surface area (Å²) < 4.78 is 0. The number of ketones is 2. The minimum atomic E-state index is -2.67. The topological polar surface area (TPSA) is 199 Å². The molecule has 4 rings (SSSR count). The second-order valence-electron chi connectivity index (χ2n) is 8.75. The smallest absolute Gasteiger partial charge is 0.339 e. The van der Waals surface area contributed by atoms with Gasteiger partial charge in [0.15, 0.2) is 11.4 Å². The van der Waals surface area contributed by atoms with Gasteiger partial charge in [-0.3, -0.25) is 14.4 Å². The van der Waals surface area contributed by atoms with Crippen molar-refractivity contribution in [3.8, 4) is 5.75 Å². The van der Waals surface area contributed by atoms with E-state index in [1.54, 1.807) is 19.0 Å². The maximum atomic E-state index is 13.4. The number of phenols is 1. The van der Waals surface area contributed by atoms with Crippen LogP contribution in [0.5, 0.6) is 5.75 Å². The van der Waals surface area contributed by atoms with Crippen LogP contribution in [0.4, 0.5) is 5.69 Å². The number of primary amides is 1. The molecule has 1 aromatic rings. The number of fused-ring (bicyclic) bond motifs is 3. The molecule has 1 aromatic carbocycles. The lowest BCUT2D eigenvalue weighted by Crippen LogP contribution is -2.58. The third-order valence-electron chi connectivity index (χ3n) is 6.75. The van der Waals surface area contributed by atoms with E-state index in [1.165, 1.54) is 6.07 Å². The maximum absolute atomic E-state index is 13.4. The number of nitrogens with two attached hydrogens (primary N) is 1. The van der Waals surface area contributed by atoms with Gasteiger partial charge in [0.25, 0.3) is 5.91 Å². The molecule has 0 bridgehead atoms. The van der Waals surface area contributed by atoms with Crippen molar-refractivity contribution in [3.05, 3.63) is 39.7 Å². The van der Waals surface area contributed by atoms with E-state index in [4.69, 9.17) is 5.73 Å². The van der Waals surface area contributed by atoms with Crippen molar-refractivity contribution in [2.45, 2.75) is 24.9 Å². The highest BCUT2D eigenvalue weighted by molar-refractivity contribution is 6.22. The molecule has 3 atom stereocenters. The molecule has 0 aliphatic heterocycles. The fraction of sp³-hybridized carbons (Fsp3) is 0.364. The average molecular weight is 458 g/mol. The zero-order chi connectivity index (χ0) is 24.6. The number of nitrogens with zero attached hydrogens (tertiary/aromatic N) is 1. The summed E-state index contributed by atoms with van der Waals surface area (Å²) in [5.74, 6) is -9.09. The van der Waals surface area contributed by atoms with Gasteiger partial charge in [0.2, 0.25) is 5.78 Å². The SMILES string of the molecule is CN(C)c1cc(C(=O)O)c(O)c2c1C[C@H]1C[C@H]3CC(=O)C(C(N)=O)=C(O)[C@@]3(O)C(=O)C1=C2O. The number of carboxylic acids is 1. The van der Waals surface area contributed by atoms with Gasteiger partial charge < -0.3 is 36.2 Å². The first-order valence-electron chi connectivity index (χ1n) is 10.1. The fourth-order valence-electron chi connectivity index (χ4n) is 5.23. The number of aliphatic hydroxyl groups is 3. The van der Waals surface area contributed by atoms with Crippen molar-refractivity contribution >= 4 is 34.9 Å². The lowest BCUT2D eigenvalue weighted by Gasteiger charge is -2.46. The molecule has 174 valence electrons. The van der Waals surface area contributed by atoms with Crippen LogP contribution in [0.2, 0.25) is 0 Å². The minimum Gasteiger partial charge on any atom is -0.508 e. The van der Waals surface area contributed by atoms with E-state index in [-0.39, 0.29) is 24.0 Å². The number of benzene rings is 1. The number of amides is 1. The average Bonchev–Trinajstić information content (AvgIpc) is 2.70.